The number of piperidine rings is 1. The van der Waals surface area contributed by atoms with Crippen LogP contribution in [0.5, 0.6) is 11.5 Å². The quantitative estimate of drug-likeness (QED) is 0.159. The molecule has 9 nitrogen and oxygen atoms in total. The van der Waals surface area contributed by atoms with Crippen LogP contribution in [-0.4, -0.2) is 62.2 Å². The van der Waals surface area contributed by atoms with Gasteiger partial charge in [-0.25, -0.2) is 0 Å². The predicted octanol–water partition coefficient (Wildman–Crippen LogP) is 9.15. The average molecular weight is 715 g/mol. The number of rotatable bonds is 12. The highest BCUT2D eigenvalue weighted by Crippen LogP contribution is 2.46. The van der Waals surface area contributed by atoms with Crippen molar-refractivity contribution in [3.8, 4) is 17.6 Å². The van der Waals surface area contributed by atoms with Gasteiger partial charge in [-0.1, -0.05) is 37.1 Å². The molecule has 3 unspecified atom stereocenters. The Morgan fingerprint density at radius 2 is 1.86 bits per heavy atom. The number of halogens is 1. The Kier molecular flexibility index (Phi) is 13.6. The SMILES string of the molecule is CCOc1cc2ncc(C#N)c(Nc3cc(Cl)c(OCC4NCCC5(CCC/C=C\CCCC5)C4C)cc3C)c2cc1NC(=O)CCCN(C)C. The molecule has 2 aliphatic rings. The zero-order valence-electron chi connectivity index (χ0n) is 31.0. The molecule has 3 aromatic rings. The van der Waals surface area contributed by atoms with Gasteiger partial charge < -0.3 is 30.3 Å². The fourth-order valence-electron chi connectivity index (χ4n) is 7.71. The smallest absolute Gasteiger partial charge is 0.224 e. The summed E-state index contributed by atoms with van der Waals surface area (Å²) < 4.78 is 12.4. The summed E-state index contributed by atoms with van der Waals surface area (Å²) >= 11 is 6.89. The minimum absolute atomic E-state index is 0.102. The molecule has 3 atom stereocenters. The number of aryl methyl sites for hydroxylation is 1. The topological polar surface area (TPSA) is 112 Å². The van der Waals surface area contributed by atoms with Crippen LogP contribution in [0.15, 0.2) is 42.6 Å². The molecule has 51 heavy (non-hydrogen) atoms. The molecule has 1 fully saturated rings. The predicted molar refractivity (Wildman–Crippen MR) is 208 cm³/mol. The molecule has 2 heterocycles. The number of anilines is 3. The number of fused-ring (bicyclic) bond motifs is 1. The Morgan fingerprint density at radius 1 is 1.08 bits per heavy atom. The number of carbonyl (C=O) groups excluding carboxylic acids is 1. The van der Waals surface area contributed by atoms with Gasteiger partial charge in [-0.05, 0) is 127 Å². The van der Waals surface area contributed by atoms with Crippen LogP contribution in [0.2, 0.25) is 5.02 Å². The van der Waals surface area contributed by atoms with Gasteiger partial charge in [0.1, 0.15) is 24.2 Å². The van der Waals surface area contributed by atoms with Crippen molar-refractivity contribution in [1.82, 2.24) is 15.2 Å². The van der Waals surface area contributed by atoms with Crippen molar-refractivity contribution in [3.05, 3.63) is 58.8 Å². The van der Waals surface area contributed by atoms with Gasteiger partial charge in [0, 0.05) is 35.8 Å². The number of benzene rings is 2. The van der Waals surface area contributed by atoms with Crippen molar-refractivity contribution in [3.63, 3.8) is 0 Å². The van der Waals surface area contributed by atoms with E-state index in [2.05, 4.69) is 51.0 Å². The fraction of sp³-hybridized carbons (Fsp3) is 0.537. The van der Waals surface area contributed by atoms with Gasteiger partial charge in [-0.15, -0.1) is 0 Å². The highest BCUT2D eigenvalue weighted by atomic mass is 35.5. The van der Waals surface area contributed by atoms with Crippen LogP contribution in [0.25, 0.3) is 10.9 Å². The van der Waals surface area contributed by atoms with E-state index in [1.807, 2.05) is 46.1 Å². The minimum atomic E-state index is -0.102. The first-order chi connectivity index (χ1) is 24.6. The second-order valence-corrected chi connectivity index (χ2v) is 14.9. The highest BCUT2D eigenvalue weighted by molar-refractivity contribution is 6.32. The van der Waals surface area contributed by atoms with Gasteiger partial charge in [-0.2, -0.15) is 5.26 Å². The number of ether oxygens (including phenoxy) is 2. The molecule has 1 spiro atoms. The summed E-state index contributed by atoms with van der Waals surface area (Å²) in [6.07, 6.45) is 17.3. The van der Waals surface area contributed by atoms with Crippen molar-refractivity contribution in [2.75, 3.05) is 51.0 Å². The van der Waals surface area contributed by atoms with Gasteiger partial charge in [0.25, 0.3) is 0 Å². The number of hydrogen-bond donors (Lipinski definition) is 3. The van der Waals surface area contributed by atoms with E-state index in [0.29, 0.717) is 75.3 Å². The van der Waals surface area contributed by atoms with E-state index in [9.17, 15) is 10.1 Å². The first-order valence-electron chi connectivity index (χ1n) is 18.7. The summed E-state index contributed by atoms with van der Waals surface area (Å²) in [4.78, 5) is 19.5. The lowest BCUT2D eigenvalue weighted by molar-refractivity contribution is -0.116. The monoisotopic (exact) mass is 714 g/mol. The average Bonchev–Trinajstić information content (AvgIpc) is 3.10. The van der Waals surface area contributed by atoms with Gasteiger partial charge in [0.2, 0.25) is 5.91 Å². The van der Waals surface area contributed by atoms with E-state index in [0.717, 1.165) is 30.8 Å². The van der Waals surface area contributed by atoms with Crippen LogP contribution < -0.4 is 25.4 Å². The van der Waals surface area contributed by atoms with Crippen LogP contribution in [0.3, 0.4) is 0 Å². The maximum Gasteiger partial charge on any atom is 0.224 e. The molecule has 0 saturated carbocycles. The summed E-state index contributed by atoms with van der Waals surface area (Å²) in [6, 6.07) is 9.98. The Morgan fingerprint density at radius 3 is 2.63 bits per heavy atom. The molecule has 0 radical (unpaired) electrons. The van der Waals surface area contributed by atoms with Crippen LogP contribution in [-0.2, 0) is 4.79 Å². The van der Waals surface area contributed by atoms with Gasteiger partial charge >= 0.3 is 0 Å². The van der Waals surface area contributed by atoms with Crippen LogP contribution in [0.4, 0.5) is 17.1 Å². The number of pyridine rings is 1. The molecule has 3 N–H and O–H groups in total. The lowest BCUT2D eigenvalue weighted by atomic mass is 9.63. The number of nitriles is 1. The largest absolute Gasteiger partial charge is 0.492 e. The first-order valence-corrected chi connectivity index (χ1v) is 19.0. The number of nitrogens with one attached hydrogen (secondary N) is 3. The molecule has 10 heteroatoms. The molecular formula is C41H55ClN6O3. The van der Waals surface area contributed by atoms with Crippen molar-refractivity contribution in [2.24, 2.45) is 11.3 Å². The third kappa shape index (κ3) is 9.73. The third-order valence-corrected chi connectivity index (χ3v) is 11.0. The zero-order valence-corrected chi connectivity index (χ0v) is 31.8. The van der Waals surface area contributed by atoms with E-state index < -0.39 is 0 Å². The number of amides is 1. The number of hydrogen-bond acceptors (Lipinski definition) is 8. The molecule has 1 amide bonds. The normalized spacial score (nSPS) is 21.6. The second-order valence-electron chi connectivity index (χ2n) is 14.5. The number of carbonyl (C=O) groups is 1. The van der Waals surface area contributed by atoms with E-state index in [4.69, 9.17) is 21.1 Å². The molecule has 274 valence electrons. The number of allylic oxidation sites excluding steroid dienone is 2. The molecule has 1 aromatic heterocycles. The van der Waals surface area contributed by atoms with Gasteiger partial charge in [-0.3, -0.25) is 9.78 Å². The van der Waals surface area contributed by atoms with E-state index >= 15 is 0 Å². The molecule has 1 aliphatic heterocycles. The number of nitrogens with zero attached hydrogens (tertiary/aromatic N) is 3. The lowest BCUT2D eigenvalue weighted by Crippen LogP contribution is -2.53. The highest BCUT2D eigenvalue weighted by Gasteiger charge is 2.42. The summed E-state index contributed by atoms with van der Waals surface area (Å²) in [5.41, 5.74) is 4.13. The summed E-state index contributed by atoms with van der Waals surface area (Å²) in [7, 11) is 3.97. The Hall–Kier alpha value is -3.84. The molecule has 1 saturated heterocycles. The van der Waals surface area contributed by atoms with Crippen LogP contribution in [0, 0.1) is 29.6 Å². The minimum Gasteiger partial charge on any atom is -0.492 e. The van der Waals surface area contributed by atoms with Gasteiger partial charge in [0.05, 0.1) is 34.1 Å². The lowest BCUT2D eigenvalue weighted by Gasteiger charge is -2.48. The molecule has 2 aromatic carbocycles. The Bertz CT molecular complexity index is 1740. The third-order valence-electron chi connectivity index (χ3n) is 10.7. The molecule has 0 bridgehead atoms. The summed E-state index contributed by atoms with van der Waals surface area (Å²) in [5, 5.41) is 21.5. The number of aromatic nitrogens is 1. The van der Waals surface area contributed by atoms with E-state index in [1.165, 1.54) is 51.4 Å². The zero-order chi connectivity index (χ0) is 36.4. The second kappa shape index (κ2) is 18.1. The Labute approximate surface area is 309 Å². The Balaban J connectivity index is 1.35. The molecule has 5 rings (SSSR count). The maximum absolute atomic E-state index is 12.9. The van der Waals surface area contributed by atoms with Gasteiger partial charge in [0.15, 0.2) is 0 Å². The molecular weight excluding hydrogens is 660 g/mol. The van der Waals surface area contributed by atoms with E-state index in [-0.39, 0.29) is 11.9 Å². The summed E-state index contributed by atoms with van der Waals surface area (Å²) in [5.74, 6) is 1.57. The van der Waals surface area contributed by atoms with Crippen LogP contribution >= 0.6 is 11.6 Å². The van der Waals surface area contributed by atoms with Crippen molar-refractivity contribution in [1.29, 1.82) is 5.26 Å². The standard InChI is InChI=1S/C41H55ClN6O3/c1-6-50-38-24-34-31(22-35(38)46-39(49)15-14-20-48(4)5)40(30(25-43)26-45-34)47-33-23-32(42)37(21-28(33)2)51-27-36-29(3)41(18-19-44-36)16-12-10-8-7-9-11-13-17-41/h7-8,21-24,26,29,36,44H,6,9-20,27H2,1-5H3,(H,45,47)(H,46,49)/b8-7-. The first kappa shape index (κ1) is 38.4. The van der Waals surface area contributed by atoms with Crippen molar-refractivity contribution >= 4 is 45.5 Å². The van der Waals surface area contributed by atoms with Crippen molar-refractivity contribution in [2.45, 2.75) is 91.0 Å². The van der Waals surface area contributed by atoms with E-state index in [1.54, 1.807) is 12.3 Å². The fourth-order valence-corrected chi connectivity index (χ4v) is 7.93. The molecule has 1 aliphatic carbocycles. The van der Waals surface area contributed by atoms with Crippen molar-refractivity contribution < 1.29 is 14.3 Å². The summed E-state index contributed by atoms with van der Waals surface area (Å²) in [6.45, 7) is 9.11. The van der Waals surface area contributed by atoms with Crippen LogP contribution in [0.1, 0.15) is 89.2 Å². The maximum atomic E-state index is 12.9.